The van der Waals surface area contributed by atoms with Crippen LogP contribution < -0.4 is 20.7 Å². The molecule has 0 aliphatic carbocycles. The number of ether oxygens (including phenoxy) is 1. The summed E-state index contributed by atoms with van der Waals surface area (Å²) >= 11 is 0. The Hall–Kier alpha value is -4.87. The molecule has 0 atom stereocenters. The van der Waals surface area contributed by atoms with Crippen molar-refractivity contribution in [3.8, 4) is 5.75 Å². The average Bonchev–Trinajstić information content (AvgIpc) is 3.34. The van der Waals surface area contributed by atoms with Crippen molar-refractivity contribution < 1.29 is 19.1 Å². The predicted molar refractivity (Wildman–Crippen MR) is 123 cm³/mol. The fourth-order valence-electron chi connectivity index (χ4n) is 3.57. The van der Waals surface area contributed by atoms with Gasteiger partial charge in [-0.25, -0.2) is 19.5 Å². The average molecular weight is 472 g/mol. The second-order valence-corrected chi connectivity index (χ2v) is 7.76. The van der Waals surface area contributed by atoms with Crippen molar-refractivity contribution in [2.24, 2.45) is 0 Å². The second-order valence-electron chi connectivity index (χ2n) is 7.76. The molecule has 0 fully saturated rings. The van der Waals surface area contributed by atoms with Crippen LogP contribution in [0, 0.1) is 6.92 Å². The van der Waals surface area contributed by atoms with Gasteiger partial charge in [0.05, 0.1) is 24.1 Å². The molecule has 35 heavy (non-hydrogen) atoms. The Labute approximate surface area is 198 Å². The summed E-state index contributed by atoms with van der Waals surface area (Å²) in [6, 6.07) is 9.95. The van der Waals surface area contributed by atoms with E-state index in [4.69, 9.17) is 4.74 Å². The first-order valence-electron chi connectivity index (χ1n) is 10.7. The summed E-state index contributed by atoms with van der Waals surface area (Å²) < 4.78 is 6.71. The number of aryl methyl sites for hydroxylation is 1. The Kier molecular flexibility index (Phi) is 5.75. The van der Waals surface area contributed by atoms with E-state index in [0.717, 1.165) is 5.56 Å². The molecule has 3 aromatic heterocycles. The van der Waals surface area contributed by atoms with Crippen LogP contribution in [0.5, 0.6) is 5.75 Å². The molecule has 4 aromatic rings. The van der Waals surface area contributed by atoms with E-state index in [1.807, 2.05) is 0 Å². The zero-order valence-corrected chi connectivity index (χ0v) is 18.6. The second kappa shape index (κ2) is 9.17. The zero-order chi connectivity index (χ0) is 24.4. The van der Waals surface area contributed by atoms with Crippen LogP contribution in [0.25, 0.3) is 5.65 Å². The first kappa shape index (κ1) is 21.9. The summed E-state index contributed by atoms with van der Waals surface area (Å²) in [5.74, 6) is 0.0323. The minimum Gasteiger partial charge on any atom is -0.482 e. The normalized spacial score (nSPS) is 12.4. The molecule has 3 N–H and O–H groups in total. The highest BCUT2D eigenvalue weighted by molar-refractivity contribution is 5.98. The number of hydrogen-bond acceptors (Lipinski definition) is 8. The lowest BCUT2D eigenvalue weighted by Gasteiger charge is -2.18. The molecule has 12 heteroatoms. The fourth-order valence-corrected chi connectivity index (χ4v) is 3.57. The van der Waals surface area contributed by atoms with Gasteiger partial charge in [-0.15, -0.1) is 0 Å². The fraction of sp³-hybridized carbons (Fsp3) is 0.174. The van der Waals surface area contributed by atoms with Gasteiger partial charge in [-0.05, 0) is 30.7 Å². The number of aromatic nitrogens is 5. The highest BCUT2D eigenvalue weighted by Crippen LogP contribution is 2.28. The van der Waals surface area contributed by atoms with Crippen LogP contribution in [0.4, 0.5) is 5.69 Å². The molecule has 0 saturated carbocycles. The summed E-state index contributed by atoms with van der Waals surface area (Å²) in [6.07, 6.45) is 3.12. The third-order valence-corrected chi connectivity index (χ3v) is 5.22. The van der Waals surface area contributed by atoms with Gasteiger partial charge in [-0.3, -0.25) is 14.4 Å². The Balaban J connectivity index is 1.31. The van der Waals surface area contributed by atoms with Gasteiger partial charge in [0.15, 0.2) is 12.3 Å². The Morgan fingerprint density at radius 2 is 1.91 bits per heavy atom. The number of amides is 3. The van der Waals surface area contributed by atoms with Gasteiger partial charge in [0, 0.05) is 24.9 Å². The highest BCUT2D eigenvalue weighted by atomic mass is 16.5. The maximum atomic E-state index is 12.9. The first-order chi connectivity index (χ1) is 17.0. The number of carbonyl (C=O) groups is 3. The first-order valence-corrected chi connectivity index (χ1v) is 10.7. The molecule has 176 valence electrons. The van der Waals surface area contributed by atoms with E-state index >= 15 is 0 Å². The number of carbonyl (C=O) groups excluding carboxylic acids is 3. The molecular formula is C23H20N8O4. The smallest absolute Gasteiger partial charge is 0.270 e. The van der Waals surface area contributed by atoms with Gasteiger partial charge in [0.2, 0.25) is 0 Å². The lowest BCUT2D eigenvalue weighted by Crippen LogP contribution is -2.29. The molecule has 0 unspecified atom stereocenters. The number of benzene rings is 1. The molecular weight excluding hydrogens is 452 g/mol. The molecule has 0 bridgehead atoms. The van der Waals surface area contributed by atoms with Crippen molar-refractivity contribution >= 4 is 29.1 Å². The van der Waals surface area contributed by atoms with Crippen LogP contribution in [0.15, 0.2) is 48.8 Å². The summed E-state index contributed by atoms with van der Waals surface area (Å²) in [4.78, 5) is 49.9. The van der Waals surface area contributed by atoms with E-state index in [9.17, 15) is 14.4 Å². The predicted octanol–water partition coefficient (Wildman–Crippen LogP) is 1.02. The van der Waals surface area contributed by atoms with Crippen molar-refractivity contribution in [2.45, 2.75) is 20.0 Å². The molecule has 4 heterocycles. The van der Waals surface area contributed by atoms with Crippen LogP contribution in [0.3, 0.4) is 0 Å². The van der Waals surface area contributed by atoms with Crippen molar-refractivity contribution in [2.75, 3.05) is 11.9 Å². The lowest BCUT2D eigenvalue weighted by atomic mass is 10.1. The summed E-state index contributed by atoms with van der Waals surface area (Å²) in [7, 11) is 0. The van der Waals surface area contributed by atoms with Crippen LogP contribution in [-0.2, 0) is 17.9 Å². The van der Waals surface area contributed by atoms with E-state index in [1.54, 1.807) is 43.5 Å². The number of rotatable bonds is 6. The monoisotopic (exact) mass is 472 g/mol. The maximum absolute atomic E-state index is 12.9. The van der Waals surface area contributed by atoms with E-state index in [2.05, 4.69) is 36.0 Å². The SMILES string of the molecule is Cc1nccc(CNC(=O)c2cc(C(=O)NCc3ccc4c(c3)NC(=O)CO4)nc3ccnn23)n1. The van der Waals surface area contributed by atoms with Crippen molar-refractivity contribution in [3.63, 3.8) is 0 Å². The topological polar surface area (TPSA) is 152 Å². The summed E-state index contributed by atoms with van der Waals surface area (Å²) in [6.45, 7) is 2.11. The van der Waals surface area contributed by atoms with E-state index in [1.165, 1.54) is 16.8 Å². The number of nitrogens with one attached hydrogen (secondary N) is 3. The van der Waals surface area contributed by atoms with Crippen LogP contribution in [0.2, 0.25) is 0 Å². The molecule has 1 aliphatic heterocycles. The lowest BCUT2D eigenvalue weighted by molar-refractivity contribution is -0.118. The largest absolute Gasteiger partial charge is 0.482 e. The summed E-state index contributed by atoms with van der Waals surface area (Å²) in [5.41, 5.74) is 2.53. The molecule has 0 saturated heterocycles. The molecule has 0 spiro atoms. The van der Waals surface area contributed by atoms with E-state index in [0.29, 0.717) is 28.6 Å². The Morgan fingerprint density at radius 3 is 2.77 bits per heavy atom. The molecule has 12 nitrogen and oxygen atoms in total. The highest BCUT2D eigenvalue weighted by Gasteiger charge is 2.19. The molecule has 1 aliphatic rings. The van der Waals surface area contributed by atoms with E-state index < -0.39 is 11.8 Å². The number of anilines is 1. The standard InChI is InChI=1S/C23H20N8O4/c1-13-24-6-4-15(28-13)11-26-23(34)18-9-17(29-20-5-7-27-31(18)20)22(33)25-10-14-2-3-19-16(8-14)30-21(32)12-35-19/h2-9H,10-12H2,1H3,(H,25,33)(H,26,34)(H,30,32). The van der Waals surface area contributed by atoms with Gasteiger partial charge in [-0.2, -0.15) is 5.10 Å². The van der Waals surface area contributed by atoms with Crippen LogP contribution >= 0.6 is 0 Å². The molecule has 0 radical (unpaired) electrons. The molecule has 3 amide bonds. The molecule has 1 aromatic carbocycles. The van der Waals surface area contributed by atoms with Crippen molar-refractivity contribution in [3.05, 3.63) is 77.3 Å². The third-order valence-electron chi connectivity index (χ3n) is 5.22. The van der Waals surface area contributed by atoms with Crippen LogP contribution in [-0.4, -0.2) is 48.9 Å². The van der Waals surface area contributed by atoms with Gasteiger partial charge >= 0.3 is 0 Å². The van der Waals surface area contributed by atoms with Gasteiger partial charge < -0.3 is 20.7 Å². The maximum Gasteiger partial charge on any atom is 0.270 e. The van der Waals surface area contributed by atoms with Crippen LogP contribution in [0.1, 0.15) is 38.1 Å². The number of hydrogen-bond donors (Lipinski definition) is 3. The van der Waals surface area contributed by atoms with Crippen molar-refractivity contribution in [1.29, 1.82) is 0 Å². The number of nitrogens with zero attached hydrogens (tertiary/aromatic N) is 5. The Morgan fingerprint density at radius 1 is 1.06 bits per heavy atom. The zero-order valence-electron chi connectivity index (χ0n) is 18.6. The summed E-state index contributed by atoms with van der Waals surface area (Å²) in [5, 5.41) is 12.4. The molecule has 5 rings (SSSR count). The van der Waals surface area contributed by atoms with Crippen molar-refractivity contribution in [1.82, 2.24) is 35.2 Å². The van der Waals surface area contributed by atoms with Gasteiger partial charge in [0.25, 0.3) is 17.7 Å². The minimum atomic E-state index is -0.466. The van der Waals surface area contributed by atoms with E-state index in [-0.39, 0.29) is 37.0 Å². The number of fused-ring (bicyclic) bond motifs is 2. The quantitative estimate of drug-likeness (QED) is 0.376. The van der Waals surface area contributed by atoms with Gasteiger partial charge in [0.1, 0.15) is 23.0 Å². The third kappa shape index (κ3) is 4.76. The van der Waals surface area contributed by atoms with Gasteiger partial charge in [-0.1, -0.05) is 6.07 Å². The minimum absolute atomic E-state index is 0.0273. The Bertz CT molecular complexity index is 1470.